The first kappa shape index (κ1) is 12.7. The van der Waals surface area contributed by atoms with Crippen LogP contribution in [0.4, 0.5) is 0 Å². The van der Waals surface area contributed by atoms with Crippen molar-refractivity contribution in [3.05, 3.63) is 35.2 Å². The predicted molar refractivity (Wildman–Crippen MR) is 70.7 cm³/mol. The summed E-state index contributed by atoms with van der Waals surface area (Å²) in [6.45, 7) is 9.67. The molecule has 5 heteroatoms. The third kappa shape index (κ3) is 2.56. The zero-order valence-electron chi connectivity index (χ0n) is 11.4. The first-order valence-corrected chi connectivity index (χ1v) is 6.18. The van der Waals surface area contributed by atoms with Gasteiger partial charge in [-0.15, -0.1) is 0 Å². The fraction of sp³-hybridized carbons (Fsp3) is 0.462. The largest absolute Gasteiger partial charge is 0.313 e. The average Bonchev–Trinajstić information content (AvgIpc) is 2.67. The molecule has 0 bridgehead atoms. The molecule has 0 fully saturated rings. The number of aromatic nitrogens is 4. The minimum absolute atomic E-state index is 0.788. The normalized spacial score (nSPS) is 10.9. The molecule has 2 aromatic rings. The molecule has 2 aromatic heterocycles. The van der Waals surface area contributed by atoms with Gasteiger partial charge in [-0.05, 0) is 33.4 Å². The summed E-state index contributed by atoms with van der Waals surface area (Å²) in [5, 5.41) is 7.76. The Kier molecular flexibility index (Phi) is 3.72. The third-order valence-corrected chi connectivity index (χ3v) is 2.77. The molecule has 0 aliphatic rings. The third-order valence-electron chi connectivity index (χ3n) is 2.77. The van der Waals surface area contributed by atoms with Gasteiger partial charge in [0.15, 0.2) is 0 Å². The minimum atomic E-state index is 0.788. The lowest BCUT2D eigenvalue weighted by molar-refractivity contribution is 0.709. The van der Waals surface area contributed by atoms with Gasteiger partial charge in [0, 0.05) is 24.0 Å². The van der Waals surface area contributed by atoms with Crippen LogP contribution in [0.25, 0.3) is 5.69 Å². The van der Waals surface area contributed by atoms with Crippen LogP contribution in [0.1, 0.15) is 29.8 Å². The Bertz CT molecular complexity index is 544. The lowest BCUT2D eigenvalue weighted by atomic mass is 10.2. The number of nitrogens with one attached hydrogen (secondary N) is 1. The Labute approximate surface area is 107 Å². The first-order valence-electron chi connectivity index (χ1n) is 6.18. The Morgan fingerprint density at radius 2 is 2.06 bits per heavy atom. The topological polar surface area (TPSA) is 55.6 Å². The minimum Gasteiger partial charge on any atom is -0.313 e. The van der Waals surface area contributed by atoms with Crippen molar-refractivity contribution in [2.24, 2.45) is 0 Å². The molecule has 0 aromatic carbocycles. The number of rotatable bonds is 4. The van der Waals surface area contributed by atoms with Gasteiger partial charge in [0.05, 0.1) is 5.69 Å². The van der Waals surface area contributed by atoms with E-state index in [4.69, 9.17) is 0 Å². The second-order valence-electron chi connectivity index (χ2n) is 4.35. The van der Waals surface area contributed by atoms with Crippen LogP contribution in [0.3, 0.4) is 0 Å². The maximum Gasteiger partial charge on any atom is 0.148 e. The summed E-state index contributed by atoms with van der Waals surface area (Å²) in [7, 11) is 0. The van der Waals surface area contributed by atoms with Gasteiger partial charge in [-0.3, -0.25) is 4.98 Å². The summed E-state index contributed by atoms with van der Waals surface area (Å²) in [6, 6.07) is 2.05. The molecule has 96 valence electrons. The van der Waals surface area contributed by atoms with Crippen molar-refractivity contribution in [1.82, 2.24) is 25.1 Å². The molecule has 5 nitrogen and oxygen atoms in total. The molecule has 0 saturated heterocycles. The zero-order chi connectivity index (χ0) is 13.1. The van der Waals surface area contributed by atoms with Crippen LogP contribution < -0.4 is 5.32 Å². The number of hydrogen-bond donors (Lipinski definition) is 1. The monoisotopic (exact) mass is 245 g/mol. The molecule has 2 rings (SSSR count). The summed E-state index contributed by atoms with van der Waals surface area (Å²) >= 11 is 0. The van der Waals surface area contributed by atoms with Crippen LogP contribution in [0, 0.1) is 20.8 Å². The molecule has 0 atom stereocenters. The molecular formula is C13H19N5. The second-order valence-corrected chi connectivity index (χ2v) is 4.35. The molecule has 0 aliphatic heterocycles. The van der Waals surface area contributed by atoms with Crippen LogP contribution in [-0.4, -0.2) is 26.3 Å². The smallest absolute Gasteiger partial charge is 0.148 e. The van der Waals surface area contributed by atoms with Crippen molar-refractivity contribution in [2.45, 2.75) is 34.2 Å². The Hall–Kier alpha value is -1.75. The highest BCUT2D eigenvalue weighted by atomic mass is 15.3. The van der Waals surface area contributed by atoms with Gasteiger partial charge in [0.25, 0.3) is 0 Å². The summed E-state index contributed by atoms with van der Waals surface area (Å²) < 4.78 is 1.89. The van der Waals surface area contributed by atoms with Gasteiger partial charge in [0.1, 0.15) is 11.6 Å². The molecule has 18 heavy (non-hydrogen) atoms. The molecule has 0 aliphatic carbocycles. The van der Waals surface area contributed by atoms with Crippen LogP contribution in [0.15, 0.2) is 12.3 Å². The lowest BCUT2D eigenvalue weighted by Crippen LogP contribution is -2.15. The summed E-state index contributed by atoms with van der Waals surface area (Å²) in [4.78, 5) is 8.70. The van der Waals surface area contributed by atoms with Crippen molar-refractivity contribution in [3.8, 4) is 5.69 Å². The Morgan fingerprint density at radius 3 is 2.67 bits per heavy atom. The fourth-order valence-electron chi connectivity index (χ4n) is 1.92. The van der Waals surface area contributed by atoms with Crippen molar-refractivity contribution in [2.75, 3.05) is 6.54 Å². The van der Waals surface area contributed by atoms with Crippen molar-refractivity contribution < 1.29 is 0 Å². The van der Waals surface area contributed by atoms with E-state index in [-0.39, 0.29) is 0 Å². The van der Waals surface area contributed by atoms with Gasteiger partial charge in [-0.25, -0.2) is 9.67 Å². The van der Waals surface area contributed by atoms with Gasteiger partial charge >= 0.3 is 0 Å². The standard InChI is InChI=1S/C13H19N5/c1-5-14-7-12-8-15-9(2)6-13(12)18-11(4)16-10(3)17-18/h6,8,14H,5,7H2,1-4H3. The average molecular weight is 245 g/mol. The summed E-state index contributed by atoms with van der Waals surface area (Å²) in [5.41, 5.74) is 3.18. The van der Waals surface area contributed by atoms with E-state index in [1.54, 1.807) is 0 Å². The molecule has 2 heterocycles. The Balaban J connectivity index is 2.47. The van der Waals surface area contributed by atoms with Crippen molar-refractivity contribution >= 4 is 0 Å². The van der Waals surface area contributed by atoms with E-state index in [9.17, 15) is 0 Å². The first-order chi connectivity index (χ1) is 8.61. The highest BCUT2D eigenvalue weighted by molar-refractivity contribution is 5.40. The van der Waals surface area contributed by atoms with Crippen molar-refractivity contribution in [1.29, 1.82) is 0 Å². The van der Waals surface area contributed by atoms with Crippen molar-refractivity contribution in [3.63, 3.8) is 0 Å². The van der Waals surface area contributed by atoms with E-state index in [0.29, 0.717) is 0 Å². The maximum absolute atomic E-state index is 4.44. The van der Waals surface area contributed by atoms with Gasteiger partial charge in [-0.1, -0.05) is 6.92 Å². The summed E-state index contributed by atoms with van der Waals surface area (Å²) in [6.07, 6.45) is 1.91. The van der Waals surface area contributed by atoms with Crippen LogP contribution in [-0.2, 0) is 6.54 Å². The molecule has 1 N–H and O–H groups in total. The fourth-order valence-corrected chi connectivity index (χ4v) is 1.92. The van der Waals surface area contributed by atoms with E-state index >= 15 is 0 Å². The molecule has 0 unspecified atom stereocenters. The van der Waals surface area contributed by atoms with Crippen LogP contribution in [0.2, 0.25) is 0 Å². The predicted octanol–water partition coefficient (Wildman–Crippen LogP) is 1.70. The number of aryl methyl sites for hydroxylation is 3. The highest BCUT2D eigenvalue weighted by Crippen LogP contribution is 2.16. The summed E-state index contributed by atoms with van der Waals surface area (Å²) in [5.74, 6) is 1.69. The van der Waals surface area contributed by atoms with Gasteiger partial charge in [0.2, 0.25) is 0 Å². The molecule has 0 saturated carbocycles. The quantitative estimate of drug-likeness (QED) is 0.890. The maximum atomic E-state index is 4.44. The zero-order valence-corrected chi connectivity index (χ0v) is 11.4. The van der Waals surface area contributed by atoms with Crippen LogP contribution >= 0.6 is 0 Å². The molecule has 0 radical (unpaired) electrons. The van der Waals surface area contributed by atoms with Gasteiger partial charge in [-0.2, -0.15) is 5.10 Å². The second kappa shape index (κ2) is 5.27. The highest BCUT2D eigenvalue weighted by Gasteiger charge is 2.10. The van der Waals surface area contributed by atoms with Crippen LogP contribution in [0.5, 0.6) is 0 Å². The van der Waals surface area contributed by atoms with E-state index in [1.165, 1.54) is 0 Å². The molecule has 0 amide bonds. The van der Waals surface area contributed by atoms with E-state index in [1.807, 2.05) is 37.7 Å². The Morgan fingerprint density at radius 1 is 1.28 bits per heavy atom. The molecule has 0 spiro atoms. The molecular weight excluding hydrogens is 226 g/mol. The number of pyridine rings is 1. The van der Waals surface area contributed by atoms with E-state index in [0.717, 1.165) is 41.7 Å². The number of hydrogen-bond acceptors (Lipinski definition) is 4. The van der Waals surface area contributed by atoms with Gasteiger partial charge < -0.3 is 5.32 Å². The van der Waals surface area contributed by atoms with E-state index in [2.05, 4.69) is 27.3 Å². The SMILES string of the molecule is CCNCc1cnc(C)cc1-n1nc(C)nc1C. The van der Waals surface area contributed by atoms with E-state index < -0.39 is 0 Å². The lowest BCUT2D eigenvalue weighted by Gasteiger charge is -2.11. The number of nitrogens with zero attached hydrogens (tertiary/aromatic N) is 4.